The molecule has 0 N–H and O–H groups in total. The van der Waals surface area contributed by atoms with E-state index in [1.807, 2.05) is 30.6 Å². The Morgan fingerprint density at radius 2 is 1.32 bits per heavy atom. The maximum absolute atomic E-state index is 12.8. The zero-order valence-electron chi connectivity index (χ0n) is 24.5. The van der Waals surface area contributed by atoms with Crippen molar-refractivity contribution in [2.24, 2.45) is 0 Å². The summed E-state index contributed by atoms with van der Waals surface area (Å²) in [4.78, 5) is 21.8. The number of benzene rings is 2. The maximum Gasteiger partial charge on any atom is 0.343 e. The van der Waals surface area contributed by atoms with E-state index in [0.717, 1.165) is 36.0 Å². The monoisotopic (exact) mass is 539 g/mol. The first kappa shape index (κ1) is 31.0. The second kappa shape index (κ2) is 17.9. The SMILES string of the molecule is CCCCCCCCCc1ccc(C(=O)Oc2ccc(-c3ncc(CCCCCCCC)cn3)cc2)cc1C#N. The molecule has 212 valence electrons. The predicted octanol–water partition coefficient (Wildman–Crippen LogP) is 9.43. The largest absolute Gasteiger partial charge is 0.423 e. The molecule has 0 aliphatic carbocycles. The van der Waals surface area contributed by atoms with Gasteiger partial charge in [-0.3, -0.25) is 0 Å². The highest BCUT2D eigenvalue weighted by Crippen LogP contribution is 2.22. The molecular weight excluding hydrogens is 494 g/mol. The van der Waals surface area contributed by atoms with Crippen molar-refractivity contribution in [1.82, 2.24) is 9.97 Å². The lowest BCUT2D eigenvalue weighted by atomic mass is 9.99. The van der Waals surface area contributed by atoms with Crippen LogP contribution in [0, 0.1) is 11.3 Å². The summed E-state index contributed by atoms with van der Waals surface area (Å²) in [5.41, 5.74) is 3.96. The summed E-state index contributed by atoms with van der Waals surface area (Å²) < 4.78 is 5.59. The molecule has 5 heteroatoms. The number of aryl methyl sites for hydroxylation is 2. The Labute approximate surface area is 241 Å². The highest BCUT2D eigenvalue weighted by Gasteiger charge is 2.13. The molecule has 0 fully saturated rings. The van der Waals surface area contributed by atoms with Crippen molar-refractivity contribution >= 4 is 5.97 Å². The smallest absolute Gasteiger partial charge is 0.343 e. The number of nitriles is 1. The molecule has 0 unspecified atom stereocenters. The van der Waals surface area contributed by atoms with E-state index in [4.69, 9.17) is 4.74 Å². The van der Waals surface area contributed by atoms with E-state index >= 15 is 0 Å². The molecule has 40 heavy (non-hydrogen) atoms. The molecule has 0 saturated heterocycles. The van der Waals surface area contributed by atoms with E-state index < -0.39 is 5.97 Å². The van der Waals surface area contributed by atoms with E-state index in [0.29, 0.717) is 22.7 Å². The summed E-state index contributed by atoms with van der Waals surface area (Å²) in [6.45, 7) is 4.47. The quantitative estimate of drug-likeness (QED) is 0.0914. The summed E-state index contributed by atoms with van der Waals surface area (Å²) in [5, 5.41) is 9.64. The van der Waals surface area contributed by atoms with Gasteiger partial charge in [0.15, 0.2) is 5.82 Å². The van der Waals surface area contributed by atoms with Gasteiger partial charge in [0.1, 0.15) is 5.75 Å². The maximum atomic E-state index is 12.8. The molecule has 1 aromatic heterocycles. The Kier molecular flexibility index (Phi) is 13.9. The van der Waals surface area contributed by atoms with Gasteiger partial charge >= 0.3 is 5.97 Å². The first-order chi connectivity index (χ1) is 19.6. The molecule has 0 radical (unpaired) electrons. The molecule has 2 aromatic carbocycles. The first-order valence-electron chi connectivity index (χ1n) is 15.3. The molecule has 1 heterocycles. The molecule has 0 bridgehead atoms. The zero-order chi connectivity index (χ0) is 28.4. The molecule has 5 nitrogen and oxygen atoms in total. The minimum absolute atomic E-state index is 0.383. The van der Waals surface area contributed by atoms with Crippen LogP contribution in [0.3, 0.4) is 0 Å². The summed E-state index contributed by atoms with van der Waals surface area (Å²) in [6, 6.07) is 14.8. The van der Waals surface area contributed by atoms with Gasteiger partial charge in [0.25, 0.3) is 0 Å². The van der Waals surface area contributed by atoms with Gasteiger partial charge < -0.3 is 4.74 Å². The Hall–Kier alpha value is -3.52. The second-order valence-electron chi connectivity index (χ2n) is 10.7. The van der Waals surface area contributed by atoms with Gasteiger partial charge in [-0.15, -0.1) is 0 Å². The van der Waals surface area contributed by atoms with E-state index in [1.165, 1.54) is 77.0 Å². The Morgan fingerprint density at radius 3 is 1.93 bits per heavy atom. The molecule has 0 aliphatic heterocycles. The Bertz CT molecular complexity index is 1200. The van der Waals surface area contributed by atoms with Crippen LogP contribution in [0.1, 0.15) is 124 Å². The third kappa shape index (κ3) is 10.6. The third-order valence-electron chi connectivity index (χ3n) is 7.36. The summed E-state index contributed by atoms with van der Waals surface area (Å²) in [6.07, 6.45) is 21.9. The topological polar surface area (TPSA) is 75.9 Å². The molecule has 0 spiro atoms. The lowest BCUT2D eigenvalue weighted by molar-refractivity contribution is 0.0734. The van der Waals surface area contributed by atoms with Crippen molar-refractivity contribution in [3.8, 4) is 23.2 Å². The van der Waals surface area contributed by atoms with Crippen LogP contribution >= 0.6 is 0 Å². The molecule has 3 rings (SSSR count). The van der Waals surface area contributed by atoms with Crippen LogP contribution in [0.5, 0.6) is 5.75 Å². The van der Waals surface area contributed by atoms with Crippen molar-refractivity contribution in [2.45, 2.75) is 110 Å². The fourth-order valence-electron chi connectivity index (χ4n) is 4.88. The summed E-state index contributed by atoms with van der Waals surface area (Å²) in [7, 11) is 0. The number of rotatable bonds is 18. The molecule has 0 aliphatic rings. The molecule has 0 atom stereocenters. The Morgan fingerprint density at radius 1 is 0.750 bits per heavy atom. The van der Waals surface area contributed by atoms with E-state index in [9.17, 15) is 10.1 Å². The van der Waals surface area contributed by atoms with Gasteiger partial charge in [0.2, 0.25) is 0 Å². The fraction of sp³-hybridized carbons (Fsp3) is 0.486. The standard InChI is InChI=1S/C35H45N3O2/c1-3-5-7-9-11-13-15-17-29-18-19-31(24-32(29)25-36)35(39)40-33-22-20-30(21-23-33)34-37-26-28(27-38-34)16-14-12-10-8-6-4-2/h18-24,26-27H,3-17H2,1-2H3. The number of carbonyl (C=O) groups is 1. The van der Waals surface area contributed by atoms with Gasteiger partial charge in [-0.25, -0.2) is 14.8 Å². The van der Waals surface area contributed by atoms with Crippen LogP contribution in [0.25, 0.3) is 11.4 Å². The lowest BCUT2D eigenvalue weighted by Crippen LogP contribution is -2.09. The number of hydrogen-bond acceptors (Lipinski definition) is 5. The highest BCUT2D eigenvalue weighted by atomic mass is 16.5. The van der Waals surface area contributed by atoms with Crippen LogP contribution in [0.15, 0.2) is 54.9 Å². The number of nitrogens with zero attached hydrogens (tertiary/aromatic N) is 3. The van der Waals surface area contributed by atoms with Crippen molar-refractivity contribution in [3.05, 3.63) is 77.1 Å². The van der Waals surface area contributed by atoms with Gasteiger partial charge in [-0.2, -0.15) is 5.26 Å². The Balaban J connectivity index is 1.48. The fourth-order valence-corrected chi connectivity index (χ4v) is 4.88. The van der Waals surface area contributed by atoms with Crippen molar-refractivity contribution in [1.29, 1.82) is 5.26 Å². The summed E-state index contributed by atoms with van der Waals surface area (Å²) >= 11 is 0. The molecule has 0 saturated carbocycles. The van der Waals surface area contributed by atoms with Gasteiger partial charge in [0.05, 0.1) is 17.2 Å². The third-order valence-corrected chi connectivity index (χ3v) is 7.36. The second-order valence-corrected chi connectivity index (χ2v) is 10.7. The zero-order valence-corrected chi connectivity index (χ0v) is 24.5. The van der Waals surface area contributed by atoms with E-state index in [2.05, 4.69) is 29.9 Å². The van der Waals surface area contributed by atoms with Gasteiger partial charge in [0, 0.05) is 18.0 Å². The number of esters is 1. The first-order valence-corrected chi connectivity index (χ1v) is 15.3. The number of carbonyl (C=O) groups excluding carboxylic acids is 1. The van der Waals surface area contributed by atoms with E-state index in [-0.39, 0.29) is 0 Å². The minimum atomic E-state index is -0.470. The van der Waals surface area contributed by atoms with Gasteiger partial charge in [-0.1, -0.05) is 90.5 Å². The van der Waals surface area contributed by atoms with Gasteiger partial charge in [-0.05, 0) is 73.2 Å². The molecule has 3 aromatic rings. The van der Waals surface area contributed by atoms with E-state index in [1.54, 1.807) is 24.3 Å². The lowest BCUT2D eigenvalue weighted by Gasteiger charge is -2.09. The summed E-state index contributed by atoms with van der Waals surface area (Å²) in [5.74, 6) is 0.626. The van der Waals surface area contributed by atoms with Crippen LogP contribution in [0.4, 0.5) is 0 Å². The predicted molar refractivity (Wildman–Crippen MR) is 162 cm³/mol. The number of aromatic nitrogens is 2. The molecule has 0 amide bonds. The number of unbranched alkanes of at least 4 members (excludes halogenated alkanes) is 11. The number of hydrogen-bond donors (Lipinski definition) is 0. The average Bonchev–Trinajstić information content (AvgIpc) is 2.99. The number of ether oxygens (including phenoxy) is 1. The van der Waals surface area contributed by atoms with Crippen LogP contribution < -0.4 is 4.74 Å². The van der Waals surface area contributed by atoms with Crippen molar-refractivity contribution < 1.29 is 9.53 Å². The molecular formula is C35H45N3O2. The van der Waals surface area contributed by atoms with Crippen LogP contribution in [-0.2, 0) is 12.8 Å². The normalized spacial score (nSPS) is 10.8. The van der Waals surface area contributed by atoms with Crippen LogP contribution in [0.2, 0.25) is 0 Å². The highest BCUT2D eigenvalue weighted by molar-refractivity contribution is 5.91. The average molecular weight is 540 g/mol. The van der Waals surface area contributed by atoms with Crippen LogP contribution in [-0.4, -0.2) is 15.9 Å². The minimum Gasteiger partial charge on any atom is -0.423 e. The van der Waals surface area contributed by atoms with Crippen molar-refractivity contribution in [2.75, 3.05) is 0 Å². The van der Waals surface area contributed by atoms with Crippen molar-refractivity contribution in [3.63, 3.8) is 0 Å².